The Labute approximate surface area is 241 Å². The minimum absolute atomic E-state index is 0.125. The highest BCUT2D eigenvalue weighted by atomic mass is 19.1. The van der Waals surface area contributed by atoms with E-state index < -0.39 is 0 Å². The van der Waals surface area contributed by atoms with Crippen molar-refractivity contribution in [3.8, 4) is 11.3 Å². The van der Waals surface area contributed by atoms with Gasteiger partial charge in [-0.2, -0.15) is 5.10 Å². The molecule has 1 aliphatic rings. The van der Waals surface area contributed by atoms with Crippen molar-refractivity contribution < 1.29 is 14.0 Å². The second-order valence-corrected chi connectivity index (χ2v) is 11.3. The van der Waals surface area contributed by atoms with Crippen LogP contribution in [0, 0.1) is 11.7 Å². The third-order valence-corrected chi connectivity index (χ3v) is 7.65. The molecule has 0 saturated carbocycles. The smallest absolute Gasteiger partial charge is 0.259 e. The number of aromatic nitrogens is 3. The number of amides is 2. The molecule has 0 saturated heterocycles. The molecule has 0 atom stereocenters. The highest BCUT2D eigenvalue weighted by molar-refractivity contribution is 6.00. The van der Waals surface area contributed by atoms with Gasteiger partial charge in [0.2, 0.25) is 5.91 Å². The van der Waals surface area contributed by atoms with E-state index in [2.05, 4.69) is 23.9 Å². The molecule has 2 amide bonds. The van der Waals surface area contributed by atoms with Crippen molar-refractivity contribution in [2.45, 2.75) is 65.3 Å². The van der Waals surface area contributed by atoms with Crippen molar-refractivity contribution in [1.82, 2.24) is 19.5 Å². The summed E-state index contributed by atoms with van der Waals surface area (Å²) >= 11 is 0. The Kier molecular flexibility index (Phi) is 9.07. The van der Waals surface area contributed by atoms with Gasteiger partial charge in [0.1, 0.15) is 11.4 Å². The van der Waals surface area contributed by atoms with E-state index in [1.165, 1.54) is 12.1 Å². The fourth-order valence-electron chi connectivity index (χ4n) is 5.54. The summed E-state index contributed by atoms with van der Waals surface area (Å²) in [7, 11) is 0. The quantitative estimate of drug-likeness (QED) is 0.274. The Balaban J connectivity index is 1.50. The number of nitrogens with zero attached hydrogens (tertiary/aromatic N) is 5. The van der Waals surface area contributed by atoms with Crippen LogP contribution in [0.2, 0.25) is 0 Å². The molecule has 1 aliphatic heterocycles. The van der Waals surface area contributed by atoms with Crippen LogP contribution in [0.5, 0.6) is 0 Å². The standard InChI is InChI=1S/C33H38FN5O2/c1-24(2)21-31(40)38-20-10-6-4-3-5-9-19-37(23-26-11-7-8-12-29(26)38)33(41)28-22-36-39-30(17-18-35-32(28)39)25-13-15-27(34)16-14-25/h7-8,11-18,22,24H,3-6,9-10,19-21,23H2,1-2H3. The molecular weight excluding hydrogens is 517 g/mol. The summed E-state index contributed by atoms with van der Waals surface area (Å²) in [5.74, 6) is -0.0692. The summed E-state index contributed by atoms with van der Waals surface area (Å²) in [5, 5.41) is 4.52. The molecule has 2 aromatic heterocycles. The van der Waals surface area contributed by atoms with Gasteiger partial charge in [0.05, 0.1) is 11.9 Å². The maximum Gasteiger partial charge on any atom is 0.259 e. The van der Waals surface area contributed by atoms with Crippen LogP contribution in [-0.2, 0) is 11.3 Å². The minimum Gasteiger partial charge on any atom is -0.334 e. The molecule has 8 heteroatoms. The fourth-order valence-corrected chi connectivity index (χ4v) is 5.54. The molecule has 0 aliphatic carbocycles. The fraction of sp³-hybridized carbons (Fsp3) is 0.394. The van der Waals surface area contributed by atoms with E-state index in [0.717, 1.165) is 61.0 Å². The molecule has 4 aromatic rings. The number of benzene rings is 2. The third-order valence-electron chi connectivity index (χ3n) is 7.65. The van der Waals surface area contributed by atoms with Crippen LogP contribution in [0.3, 0.4) is 0 Å². The maximum atomic E-state index is 14.1. The van der Waals surface area contributed by atoms with Crippen LogP contribution in [0.4, 0.5) is 10.1 Å². The molecular formula is C33H38FN5O2. The lowest BCUT2D eigenvalue weighted by Gasteiger charge is -2.29. The molecule has 3 heterocycles. The molecule has 0 N–H and O–H groups in total. The largest absolute Gasteiger partial charge is 0.334 e. The molecule has 0 radical (unpaired) electrons. The van der Waals surface area contributed by atoms with Crippen LogP contribution in [0.15, 0.2) is 67.0 Å². The van der Waals surface area contributed by atoms with E-state index in [4.69, 9.17) is 0 Å². The molecule has 5 rings (SSSR count). The van der Waals surface area contributed by atoms with E-state index in [9.17, 15) is 14.0 Å². The van der Waals surface area contributed by atoms with Crippen LogP contribution in [0.1, 0.15) is 74.7 Å². The summed E-state index contributed by atoms with van der Waals surface area (Å²) in [4.78, 5) is 35.8. The van der Waals surface area contributed by atoms with E-state index in [1.807, 2.05) is 34.1 Å². The lowest BCUT2D eigenvalue weighted by molar-refractivity contribution is -0.119. The second kappa shape index (κ2) is 13.1. The Hall–Kier alpha value is -4.07. The summed E-state index contributed by atoms with van der Waals surface area (Å²) in [6.07, 6.45) is 9.93. The van der Waals surface area contributed by atoms with Gasteiger partial charge in [0.15, 0.2) is 5.65 Å². The highest BCUT2D eigenvalue weighted by Gasteiger charge is 2.25. The van der Waals surface area contributed by atoms with Gasteiger partial charge in [-0.1, -0.05) is 57.7 Å². The molecule has 214 valence electrons. The third kappa shape index (κ3) is 6.64. The van der Waals surface area contributed by atoms with Crippen LogP contribution in [-0.4, -0.2) is 44.4 Å². The van der Waals surface area contributed by atoms with E-state index >= 15 is 0 Å². The normalized spacial score (nSPS) is 15.2. The first-order valence-electron chi connectivity index (χ1n) is 14.7. The number of halogens is 1. The topological polar surface area (TPSA) is 70.8 Å². The van der Waals surface area contributed by atoms with Gasteiger partial charge in [0, 0.05) is 43.5 Å². The number of fused-ring (bicyclic) bond motifs is 2. The Bertz CT molecular complexity index is 1500. The lowest BCUT2D eigenvalue weighted by Crippen LogP contribution is -2.35. The zero-order valence-corrected chi connectivity index (χ0v) is 23.9. The highest BCUT2D eigenvalue weighted by Crippen LogP contribution is 2.27. The average Bonchev–Trinajstić information content (AvgIpc) is 3.40. The number of rotatable bonds is 4. The predicted molar refractivity (Wildman–Crippen MR) is 159 cm³/mol. The van der Waals surface area contributed by atoms with Gasteiger partial charge in [-0.3, -0.25) is 9.59 Å². The van der Waals surface area contributed by atoms with Gasteiger partial charge in [-0.25, -0.2) is 13.9 Å². The monoisotopic (exact) mass is 555 g/mol. The molecule has 0 bridgehead atoms. The zero-order chi connectivity index (χ0) is 28.8. The van der Waals surface area contributed by atoms with Crippen molar-refractivity contribution in [1.29, 1.82) is 0 Å². The van der Waals surface area contributed by atoms with Gasteiger partial charge < -0.3 is 9.80 Å². The van der Waals surface area contributed by atoms with E-state index in [1.54, 1.807) is 35.1 Å². The number of para-hydroxylation sites is 1. The Morgan fingerprint density at radius 3 is 2.37 bits per heavy atom. The van der Waals surface area contributed by atoms with Gasteiger partial charge in [-0.05, 0) is 60.7 Å². The molecule has 7 nitrogen and oxygen atoms in total. The first-order chi connectivity index (χ1) is 19.9. The predicted octanol–water partition coefficient (Wildman–Crippen LogP) is 6.91. The molecule has 0 unspecified atom stereocenters. The summed E-state index contributed by atoms with van der Waals surface area (Å²) in [5.41, 5.74) is 4.22. The molecule has 2 aromatic carbocycles. The van der Waals surface area contributed by atoms with Gasteiger partial charge >= 0.3 is 0 Å². The average molecular weight is 556 g/mol. The molecule has 0 fully saturated rings. The Morgan fingerprint density at radius 2 is 1.61 bits per heavy atom. The van der Waals surface area contributed by atoms with Crippen LogP contribution >= 0.6 is 0 Å². The van der Waals surface area contributed by atoms with Crippen molar-refractivity contribution in [2.24, 2.45) is 5.92 Å². The second-order valence-electron chi connectivity index (χ2n) is 11.3. The number of carbonyl (C=O) groups is 2. The minimum atomic E-state index is -0.314. The van der Waals surface area contributed by atoms with Gasteiger partial charge in [-0.15, -0.1) is 0 Å². The SMILES string of the molecule is CC(C)CC(=O)N1CCCCCCCCN(C(=O)c2cnn3c(-c4ccc(F)cc4)ccnc23)Cc2ccccc21. The number of anilines is 1. The van der Waals surface area contributed by atoms with Crippen molar-refractivity contribution in [3.05, 3.63) is 83.9 Å². The number of hydrogen-bond acceptors (Lipinski definition) is 4. The van der Waals surface area contributed by atoms with Gasteiger partial charge in [0.25, 0.3) is 5.91 Å². The van der Waals surface area contributed by atoms with Crippen LogP contribution in [0.25, 0.3) is 16.9 Å². The van der Waals surface area contributed by atoms with Crippen molar-refractivity contribution >= 4 is 23.1 Å². The summed E-state index contributed by atoms with van der Waals surface area (Å²) < 4.78 is 15.2. The van der Waals surface area contributed by atoms with Crippen molar-refractivity contribution in [3.63, 3.8) is 0 Å². The first kappa shape index (κ1) is 28.5. The molecule has 41 heavy (non-hydrogen) atoms. The molecule has 0 spiro atoms. The number of hydrogen-bond donors (Lipinski definition) is 0. The lowest BCUT2D eigenvalue weighted by atomic mass is 10.1. The first-order valence-corrected chi connectivity index (χ1v) is 14.7. The zero-order valence-electron chi connectivity index (χ0n) is 23.9. The maximum absolute atomic E-state index is 14.1. The van der Waals surface area contributed by atoms with E-state index in [-0.39, 0.29) is 23.5 Å². The van der Waals surface area contributed by atoms with Crippen molar-refractivity contribution in [2.75, 3.05) is 18.0 Å². The summed E-state index contributed by atoms with van der Waals surface area (Å²) in [6.45, 7) is 5.80. The van der Waals surface area contributed by atoms with E-state index in [0.29, 0.717) is 37.3 Å². The summed E-state index contributed by atoms with van der Waals surface area (Å²) in [6, 6.07) is 15.9. The van der Waals surface area contributed by atoms with Crippen LogP contribution < -0.4 is 4.90 Å². The number of carbonyl (C=O) groups excluding carboxylic acids is 2. The Morgan fingerprint density at radius 1 is 0.902 bits per heavy atom.